The molecule has 0 fully saturated rings. The van der Waals surface area contributed by atoms with E-state index in [0.29, 0.717) is 5.56 Å². The van der Waals surface area contributed by atoms with Crippen LogP contribution in [0.25, 0.3) is 0 Å². The van der Waals surface area contributed by atoms with Gasteiger partial charge in [-0.1, -0.05) is 36.4 Å². The number of ether oxygens (including phenoxy) is 4. The largest absolute Gasteiger partial charge is 0.467 e. The fourth-order valence-corrected chi connectivity index (χ4v) is 2.90. The number of esters is 3. The van der Waals surface area contributed by atoms with E-state index in [0.717, 1.165) is 12.7 Å². The summed E-state index contributed by atoms with van der Waals surface area (Å²) < 4.78 is 19.9. The molecule has 1 atom stereocenters. The molecule has 186 valence electrons. The van der Waals surface area contributed by atoms with Crippen LogP contribution in [0.15, 0.2) is 48.5 Å². The molecule has 2 amide bonds. The standard InChI is InChI=1S/C24H26N2O9/c1-15(27)34-20-10-9-18(12-21(20)35-16(2)28)11-19(23(30)32-3)26-22(29)13-25-24(31)33-14-17-7-5-4-6-8-17/h4-10,12,19H,11,13-14H2,1-3H3,(H,25,31)(H,26,29)/t19-/m0/s1. The van der Waals surface area contributed by atoms with E-state index in [1.165, 1.54) is 32.0 Å². The molecule has 0 heterocycles. The van der Waals surface area contributed by atoms with Crippen LogP contribution in [-0.4, -0.2) is 49.6 Å². The molecule has 0 saturated carbocycles. The summed E-state index contributed by atoms with van der Waals surface area (Å²) in [5.41, 5.74) is 1.26. The number of benzene rings is 2. The number of carbonyl (C=O) groups is 5. The van der Waals surface area contributed by atoms with Gasteiger partial charge in [0.1, 0.15) is 19.2 Å². The average molecular weight is 486 g/mol. The predicted molar refractivity (Wildman–Crippen MR) is 121 cm³/mol. The molecule has 0 unspecified atom stereocenters. The Bertz CT molecular complexity index is 1070. The third kappa shape index (κ3) is 9.54. The molecule has 0 bridgehead atoms. The monoisotopic (exact) mass is 486 g/mol. The van der Waals surface area contributed by atoms with Gasteiger partial charge in [-0.15, -0.1) is 0 Å². The first-order valence-electron chi connectivity index (χ1n) is 10.5. The summed E-state index contributed by atoms with van der Waals surface area (Å²) in [6, 6.07) is 12.2. The molecule has 0 spiro atoms. The first-order valence-corrected chi connectivity index (χ1v) is 10.5. The Morgan fingerprint density at radius 2 is 1.51 bits per heavy atom. The van der Waals surface area contributed by atoms with Crippen LogP contribution in [-0.2, 0) is 41.7 Å². The molecule has 0 aliphatic heterocycles. The van der Waals surface area contributed by atoms with Gasteiger partial charge in [0.25, 0.3) is 0 Å². The van der Waals surface area contributed by atoms with Crippen molar-refractivity contribution < 1.29 is 42.9 Å². The number of carbonyl (C=O) groups excluding carboxylic acids is 5. The molecule has 0 aromatic heterocycles. The zero-order chi connectivity index (χ0) is 25.8. The van der Waals surface area contributed by atoms with Crippen molar-refractivity contribution in [2.75, 3.05) is 13.7 Å². The Morgan fingerprint density at radius 3 is 2.14 bits per heavy atom. The maximum absolute atomic E-state index is 12.3. The molecular weight excluding hydrogens is 460 g/mol. The van der Waals surface area contributed by atoms with E-state index in [2.05, 4.69) is 10.6 Å². The van der Waals surface area contributed by atoms with Crippen molar-refractivity contribution in [2.45, 2.75) is 32.9 Å². The summed E-state index contributed by atoms with van der Waals surface area (Å²) in [4.78, 5) is 59.1. The predicted octanol–water partition coefficient (Wildman–Crippen LogP) is 1.66. The van der Waals surface area contributed by atoms with Crippen LogP contribution in [0.5, 0.6) is 11.5 Å². The van der Waals surface area contributed by atoms with Crippen molar-refractivity contribution in [1.29, 1.82) is 0 Å². The third-order valence-electron chi connectivity index (χ3n) is 4.38. The highest BCUT2D eigenvalue weighted by molar-refractivity contribution is 5.87. The molecule has 35 heavy (non-hydrogen) atoms. The van der Waals surface area contributed by atoms with Gasteiger partial charge >= 0.3 is 24.0 Å². The van der Waals surface area contributed by atoms with E-state index in [1.807, 2.05) is 6.07 Å². The second-order valence-electron chi connectivity index (χ2n) is 7.23. The van der Waals surface area contributed by atoms with E-state index in [9.17, 15) is 24.0 Å². The topological polar surface area (TPSA) is 146 Å². The minimum Gasteiger partial charge on any atom is -0.467 e. The van der Waals surface area contributed by atoms with Crippen LogP contribution in [0, 0.1) is 0 Å². The van der Waals surface area contributed by atoms with Gasteiger partial charge in [0, 0.05) is 20.3 Å². The van der Waals surface area contributed by atoms with E-state index in [-0.39, 0.29) is 24.5 Å². The fraction of sp³-hybridized carbons (Fsp3) is 0.292. The summed E-state index contributed by atoms with van der Waals surface area (Å²) in [7, 11) is 1.16. The lowest BCUT2D eigenvalue weighted by atomic mass is 10.0. The molecule has 0 radical (unpaired) electrons. The van der Waals surface area contributed by atoms with Crippen molar-refractivity contribution in [2.24, 2.45) is 0 Å². The van der Waals surface area contributed by atoms with E-state index < -0.39 is 42.5 Å². The lowest BCUT2D eigenvalue weighted by Crippen LogP contribution is -2.47. The Balaban J connectivity index is 1.99. The lowest BCUT2D eigenvalue weighted by molar-refractivity contribution is -0.145. The van der Waals surface area contributed by atoms with Crippen LogP contribution >= 0.6 is 0 Å². The van der Waals surface area contributed by atoms with Crippen molar-refractivity contribution in [1.82, 2.24) is 10.6 Å². The molecular formula is C24H26N2O9. The summed E-state index contributed by atoms with van der Waals surface area (Å²) in [5.74, 6) is -2.65. The molecule has 2 aromatic rings. The first kappa shape index (κ1) is 26.8. The molecule has 11 nitrogen and oxygen atoms in total. The third-order valence-corrected chi connectivity index (χ3v) is 4.38. The first-order chi connectivity index (χ1) is 16.7. The van der Waals surface area contributed by atoms with Crippen LogP contribution in [0.2, 0.25) is 0 Å². The molecule has 2 N–H and O–H groups in total. The van der Waals surface area contributed by atoms with E-state index >= 15 is 0 Å². The molecule has 2 rings (SSSR count). The molecule has 0 aliphatic carbocycles. The number of nitrogens with one attached hydrogen (secondary N) is 2. The highest BCUT2D eigenvalue weighted by Crippen LogP contribution is 2.29. The highest BCUT2D eigenvalue weighted by Gasteiger charge is 2.23. The fourth-order valence-electron chi connectivity index (χ4n) is 2.90. The summed E-state index contributed by atoms with van der Waals surface area (Å²) in [5, 5.41) is 4.78. The molecule has 0 saturated heterocycles. The van der Waals surface area contributed by atoms with Gasteiger partial charge in [0.15, 0.2) is 11.5 Å². The van der Waals surface area contributed by atoms with Gasteiger partial charge in [-0.05, 0) is 23.3 Å². The van der Waals surface area contributed by atoms with Crippen molar-refractivity contribution in [3.63, 3.8) is 0 Å². The average Bonchev–Trinajstić information content (AvgIpc) is 2.82. The number of amides is 2. The van der Waals surface area contributed by atoms with Crippen LogP contribution in [0.4, 0.5) is 4.79 Å². The van der Waals surface area contributed by atoms with E-state index in [4.69, 9.17) is 18.9 Å². The highest BCUT2D eigenvalue weighted by atomic mass is 16.6. The number of rotatable bonds is 10. The summed E-state index contributed by atoms with van der Waals surface area (Å²) in [6.07, 6.45) is -0.837. The second kappa shape index (κ2) is 13.3. The van der Waals surface area contributed by atoms with Crippen molar-refractivity contribution >= 4 is 29.9 Å². The van der Waals surface area contributed by atoms with Crippen LogP contribution < -0.4 is 20.1 Å². The number of hydrogen-bond donors (Lipinski definition) is 2. The van der Waals surface area contributed by atoms with Crippen LogP contribution in [0.3, 0.4) is 0 Å². The number of alkyl carbamates (subject to hydrolysis) is 1. The minimum atomic E-state index is -1.11. The van der Waals surface area contributed by atoms with Gasteiger partial charge in [-0.2, -0.15) is 0 Å². The normalized spacial score (nSPS) is 10.9. The van der Waals surface area contributed by atoms with Gasteiger partial charge in [0.2, 0.25) is 5.91 Å². The number of hydrogen-bond acceptors (Lipinski definition) is 9. The maximum atomic E-state index is 12.3. The number of methoxy groups -OCH3 is 1. The van der Waals surface area contributed by atoms with E-state index in [1.54, 1.807) is 24.3 Å². The van der Waals surface area contributed by atoms with Crippen molar-refractivity contribution in [3.05, 3.63) is 59.7 Å². The van der Waals surface area contributed by atoms with Crippen LogP contribution in [0.1, 0.15) is 25.0 Å². The van der Waals surface area contributed by atoms with Gasteiger partial charge in [-0.3, -0.25) is 14.4 Å². The Hall–Kier alpha value is -4.41. The van der Waals surface area contributed by atoms with Gasteiger partial charge in [-0.25, -0.2) is 9.59 Å². The molecule has 0 aliphatic rings. The Labute approximate surface area is 201 Å². The maximum Gasteiger partial charge on any atom is 0.407 e. The minimum absolute atomic E-state index is 0.0216. The second-order valence-corrected chi connectivity index (χ2v) is 7.23. The quantitative estimate of drug-likeness (QED) is 0.378. The SMILES string of the molecule is COC(=O)[C@H](Cc1ccc(OC(C)=O)c(OC(C)=O)c1)NC(=O)CNC(=O)OCc1ccccc1. The zero-order valence-electron chi connectivity index (χ0n) is 19.5. The Morgan fingerprint density at radius 1 is 0.857 bits per heavy atom. The van der Waals surface area contributed by atoms with Gasteiger partial charge < -0.3 is 29.6 Å². The molecule has 2 aromatic carbocycles. The van der Waals surface area contributed by atoms with Crippen molar-refractivity contribution in [3.8, 4) is 11.5 Å². The zero-order valence-corrected chi connectivity index (χ0v) is 19.5. The molecule has 11 heteroatoms. The smallest absolute Gasteiger partial charge is 0.407 e. The van der Waals surface area contributed by atoms with Gasteiger partial charge in [0.05, 0.1) is 7.11 Å². The summed E-state index contributed by atoms with van der Waals surface area (Å²) in [6.45, 7) is 1.97. The lowest BCUT2D eigenvalue weighted by Gasteiger charge is -2.18. The Kier molecular flexibility index (Phi) is 10.2. The summed E-state index contributed by atoms with van der Waals surface area (Å²) >= 11 is 0.